The topological polar surface area (TPSA) is 53.7 Å². The predicted molar refractivity (Wildman–Crippen MR) is 61.0 cm³/mol. The van der Waals surface area contributed by atoms with Gasteiger partial charge in [-0.1, -0.05) is 19.3 Å². The quantitative estimate of drug-likeness (QED) is 0.837. The molecule has 0 spiro atoms. The van der Waals surface area contributed by atoms with Crippen LogP contribution in [0.5, 0.6) is 0 Å². The van der Waals surface area contributed by atoms with Crippen LogP contribution in [-0.4, -0.2) is 24.2 Å². The van der Waals surface area contributed by atoms with Gasteiger partial charge < -0.3 is 14.4 Å². The monoisotopic (exact) mass is 223 g/mol. The van der Waals surface area contributed by atoms with Crippen molar-refractivity contribution in [2.45, 2.75) is 32.1 Å². The molecule has 0 unspecified atom stereocenters. The lowest BCUT2D eigenvalue weighted by Gasteiger charge is -2.23. The minimum atomic E-state index is -1.00. The molecule has 0 saturated carbocycles. The summed E-state index contributed by atoms with van der Waals surface area (Å²) in [4.78, 5) is 12.9. The van der Waals surface area contributed by atoms with Crippen LogP contribution in [0.2, 0.25) is 0 Å². The SMILES string of the molecule is O=C(O)c1ccc(N2CCCCCCC2)o1. The molecule has 16 heavy (non-hydrogen) atoms. The Labute approximate surface area is 94.9 Å². The highest BCUT2D eigenvalue weighted by Crippen LogP contribution is 2.21. The lowest BCUT2D eigenvalue weighted by molar-refractivity contribution is 0.0663. The van der Waals surface area contributed by atoms with Crippen LogP contribution in [0.3, 0.4) is 0 Å². The van der Waals surface area contributed by atoms with Crippen LogP contribution in [0.15, 0.2) is 16.5 Å². The molecule has 1 fully saturated rings. The second-order valence-electron chi connectivity index (χ2n) is 4.20. The van der Waals surface area contributed by atoms with Crippen molar-refractivity contribution >= 4 is 11.9 Å². The third-order valence-electron chi connectivity index (χ3n) is 2.97. The Kier molecular flexibility index (Phi) is 3.49. The van der Waals surface area contributed by atoms with E-state index in [4.69, 9.17) is 9.52 Å². The number of hydrogen-bond donors (Lipinski definition) is 1. The number of carbonyl (C=O) groups is 1. The Morgan fingerprint density at radius 1 is 1.12 bits per heavy atom. The van der Waals surface area contributed by atoms with E-state index in [1.54, 1.807) is 6.07 Å². The van der Waals surface area contributed by atoms with E-state index in [0.29, 0.717) is 5.88 Å². The molecule has 1 aromatic heterocycles. The first-order valence-corrected chi connectivity index (χ1v) is 5.85. The normalized spacial score (nSPS) is 17.9. The van der Waals surface area contributed by atoms with Crippen LogP contribution >= 0.6 is 0 Å². The molecule has 2 heterocycles. The van der Waals surface area contributed by atoms with E-state index in [1.165, 1.54) is 25.3 Å². The molecule has 4 heteroatoms. The summed E-state index contributed by atoms with van der Waals surface area (Å²) in [5, 5.41) is 8.78. The molecule has 1 aliphatic rings. The Hall–Kier alpha value is -1.45. The zero-order valence-corrected chi connectivity index (χ0v) is 9.32. The van der Waals surface area contributed by atoms with Gasteiger partial charge in [0.1, 0.15) is 0 Å². The first-order chi connectivity index (χ1) is 7.77. The molecule has 0 aromatic carbocycles. The Morgan fingerprint density at radius 3 is 2.31 bits per heavy atom. The van der Waals surface area contributed by atoms with Crippen molar-refractivity contribution in [2.24, 2.45) is 0 Å². The van der Waals surface area contributed by atoms with E-state index in [0.717, 1.165) is 25.9 Å². The third kappa shape index (κ3) is 2.56. The molecule has 0 amide bonds. The average molecular weight is 223 g/mol. The highest BCUT2D eigenvalue weighted by atomic mass is 16.4. The molecule has 0 radical (unpaired) electrons. The number of furan rings is 1. The van der Waals surface area contributed by atoms with Crippen LogP contribution in [0.4, 0.5) is 5.88 Å². The van der Waals surface area contributed by atoms with Gasteiger partial charge in [-0.15, -0.1) is 0 Å². The fourth-order valence-electron chi connectivity index (χ4n) is 2.08. The van der Waals surface area contributed by atoms with E-state index >= 15 is 0 Å². The van der Waals surface area contributed by atoms with Crippen molar-refractivity contribution in [3.05, 3.63) is 17.9 Å². The maximum Gasteiger partial charge on any atom is 0.371 e. The van der Waals surface area contributed by atoms with E-state index in [2.05, 4.69) is 4.90 Å². The van der Waals surface area contributed by atoms with Gasteiger partial charge in [-0.25, -0.2) is 4.79 Å². The van der Waals surface area contributed by atoms with Gasteiger partial charge in [-0.2, -0.15) is 0 Å². The zero-order chi connectivity index (χ0) is 11.4. The first kappa shape index (κ1) is 11.0. The van der Waals surface area contributed by atoms with E-state index in [9.17, 15) is 4.79 Å². The molecule has 0 atom stereocenters. The molecule has 2 rings (SSSR count). The van der Waals surface area contributed by atoms with Crippen molar-refractivity contribution < 1.29 is 14.3 Å². The average Bonchev–Trinajstić information content (AvgIpc) is 2.66. The Bertz CT molecular complexity index is 351. The summed E-state index contributed by atoms with van der Waals surface area (Å²) in [5.74, 6) is -0.283. The summed E-state index contributed by atoms with van der Waals surface area (Å²) in [6.45, 7) is 1.93. The van der Waals surface area contributed by atoms with Crippen LogP contribution < -0.4 is 4.90 Å². The summed E-state index contributed by atoms with van der Waals surface area (Å²) in [6, 6.07) is 3.28. The third-order valence-corrected chi connectivity index (χ3v) is 2.97. The van der Waals surface area contributed by atoms with Gasteiger partial charge in [-0.05, 0) is 18.9 Å². The van der Waals surface area contributed by atoms with E-state index < -0.39 is 5.97 Å². The smallest absolute Gasteiger partial charge is 0.371 e. The molecular weight excluding hydrogens is 206 g/mol. The Morgan fingerprint density at radius 2 is 1.75 bits per heavy atom. The van der Waals surface area contributed by atoms with Gasteiger partial charge in [0, 0.05) is 19.2 Å². The molecule has 0 bridgehead atoms. The summed E-state index contributed by atoms with van der Waals surface area (Å²) in [6.07, 6.45) is 6.13. The molecule has 1 saturated heterocycles. The second kappa shape index (κ2) is 5.05. The number of aromatic carboxylic acids is 1. The molecular formula is C12H17NO3. The van der Waals surface area contributed by atoms with Crippen molar-refractivity contribution in [1.29, 1.82) is 0 Å². The lowest BCUT2D eigenvalue weighted by atomic mass is 10.1. The number of anilines is 1. The molecule has 0 aliphatic carbocycles. The maximum absolute atomic E-state index is 10.7. The summed E-state index contributed by atoms with van der Waals surface area (Å²) in [7, 11) is 0. The first-order valence-electron chi connectivity index (χ1n) is 5.85. The van der Waals surface area contributed by atoms with Crippen molar-refractivity contribution in [1.82, 2.24) is 0 Å². The van der Waals surface area contributed by atoms with Crippen molar-refractivity contribution in [3.63, 3.8) is 0 Å². The predicted octanol–water partition coefficient (Wildman–Crippen LogP) is 2.75. The number of carboxylic acid groups (broad SMARTS) is 1. The van der Waals surface area contributed by atoms with Crippen LogP contribution in [-0.2, 0) is 0 Å². The highest BCUT2D eigenvalue weighted by molar-refractivity contribution is 5.84. The zero-order valence-electron chi connectivity index (χ0n) is 9.32. The van der Waals surface area contributed by atoms with Gasteiger partial charge >= 0.3 is 5.97 Å². The van der Waals surface area contributed by atoms with Gasteiger partial charge in [0.05, 0.1) is 0 Å². The molecule has 1 aliphatic heterocycles. The number of nitrogens with zero attached hydrogens (tertiary/aromatic N) is 1. The fraction of sp³-hybridized carbons (Fsp3) is 0.583. The minimum absolute atomic E-state index is 0.0251. The number of carboxylic acids is 1. The second-order valence-corrected chi connectivity index (χ2v) is 4.20. The summed E-state index contributed by atoms with van der Waals surface area (Å²) >= 11 is 0. The van der Waals surface area contributed by atoms with Crippen LogP contribution in [0.1, 0.15) is 42.7 Å². The van der Waals surface area contributed by atoms with Gasteiger partial charge in [-0.3, -0.25) is 0 Å². The largest absolute Gasteiger partial charge is 0.475 e. The van der Waals surface area contributed by atoms with Gasteiger partial charge in [0.15, 0.2) is 5.88 Å². The van der Waals surface area contributed by atoms with Crippen molar-refractivity contribution in [3.8, 4) is 0 Å². The van der Waals surface area contributed by atoms with E-state index in [1.807, 2.05) is 0 Å². The van der Waals surface area contributed by atoms with Crippen molar-refractivity contribution in [2.75, 3.05) is 18.0 Å². The fourth-order valence-corrected chi connectivity index (χ4v) is 2.08. The molecule has 1 aromatic rings. The van der Waals surface area contributed by atoms with Gasteiger partial charge in [0.2, 0.25) is 5.76 Å². The lowest BCUT2D eigenvalue weighted by Crippen LogP contribution is -2.26. The van der Waals surface area contributed by atoms with Gasteiger partial charge in [0.25, 0.3) is 0 Å². The van der Waals surface area contributed by atoms with E-state index in [-0.39, 0.29) is 5.76 Å². The summed E-state index contributed by atoms with van der Waals surface area (Å²) in [5.41, 5.74) is 0. The molecule has 88 valence electrons. The summed E-state index contributed by atoms with van der Waals surface area (Å²) < 4.78 is 5.31. The maximum atomic E-state index is 10.7. The van der Waals surface area contributed by atoms with Crippen LogP contribution in [0, 0.1) is 0 Å². The molecule has 1 N–H and O–H groups in total. The minimum Gasteiger partial charge on any atom is -0.475 e. The molecule has 4 nitrogen and oxygen atoms in total. The number of rotatable bonds is 2. The number of hydrogen-bond acceptors (Lipinski definition) is 3. The Balaban J connectivity index is 2.05. The van der Waals surface area contributed by atoms with Crippen LogP contribution in [0.25, 0.3) is 0 Å². The standard InChI is InChI=1S/C12H17NO3/c14-12(15)10-6-7-11(16-10)13-8-4-2-1-3-5-9-13/h6-7H,1-5,8-9H2,(H,14,15). The highest BCUT2D eigenvalue weighted by Gasteiger charge is 2.15.